The van der Waals surface area contributed by atoms with Gasteiger partial charge < -0.3 is 0 Å². The Morgan fingerprint density at radius 2 is 1.42 bits per heavy atom. The van der Waals surface area contributed by atoms with Crippen molar-refractivity contribution in [2.75, 3.05) is 0 Å². The second-order valence-corrected chi connectivity index (χ2v) is 6.74. The van der Waals surface area contributed by atoms with Crippen molar-refractivity contribution in [1.82, 2.24) is 0 Å². The van der Waals surface area contributed by atoms with Gasteiger partial charge in [-0.05, 0) is 37.1 Å². The molecule has 100 valence electrons. The van der Waals surface area contributed by atoms with E-state index in [1.807, 2.05) is 24.3 Å². The normalized spacial score (nSPS) is 12.4. The lowest BCUT2D eigenvalue weighted by molar-refractivity contribution is 0.682. The molecule has 0 aliphatic heterocycles. The Bertz CT molecular complexity index is 570. The molecule has 19 heavy (non-hydrogen) atoms. The van der Waals surface area contributed by atoms with Crippen molar-refractivity contribution in [3.63, 3.8) is 0 Å². The van der Waals surface area contributed by atoms with Crippen LogP contribution in [0.25, 0.3) is 0 Å². The van der Waals surface area contributed by atoms with Crippen LogP contribution in [-0.2, 0) is 22.3 Å². The van der Waals surface area contributed by atoms with Gasteiger partial charge >= 0.3 is 0 Å². The van der Waals surface area contributed by atoms with Gasteiger partial charge in [0, 0.05) is 27.3 Å². The Balaban J connectivity index is 2.03. The summed E-state index contributed by atoms with van der Waals surface area (Å²) in [5.41, 5.74) is 4.65. The van der Waals surface area contributed by atoms with Crippen LogP contribution in [0.3, 0.4) is 0 Å². The minimum absolute atomic E-state index is 0.574. The fraction of sp³-hybridized carbons (Fsp3) is 0.250. The summed E-state index contributed by atoms with van der Waals surface area (Å²) in [6.45, 7) is 4.14. The van der Waals surface area contributed by atoms with Crippen LogP contribution in [0, 0.1) is 13.8 Å². The second-order valence-electron chi connectivity index (χ2n) is 4.85. The Hall–Kier alpha value is -1.12. The fourth-order valence-electron chi connectivity index (χ4n) is 2.16. The van der Waals surface area contributed by atoms with Gasteiger partial charge in [-0.25, -0.2) is 0 Å². The highest BCUT2D eigenvalue weighted by atomic mass is 35.5. The first kappa shape index (κ1) is 14.3. The maximum atomic E-state index is 12.2. The van der Waals surface area contributed by atoms with Crippen LogP contribution in [0.2, 0.25) is 5.02 Å². The molecule has 1 nitrogen and oxygen atoms in total. The van der Waals surface area contributed by atoms with Gasteiger partial charge in [0.05, 0.1) is 0 Å². The molecular formula is C16H17ClOS. The molecular weight excluding hydrogens is 276 g/mol. The molecule has 0 saturated heterocycles. The smallest absolute Gasteiger partial charge is 0.0489 e. The third-order valence-electron chi connectivity index (χ3n) is 2.85. The van der Waals surface area contributed by atoms with E-state index < -0.39 is 10.8 Å². The summed E-state index contributed by atoms with van der Waals surface area (Å²) in [4.78, 5) is 0. The predicted octanol–water partition coefficient (Wildman–Crippen LogP) is 4.41. The summed E-state index contributed by atoms with van der Waals surface area (Å²) >= 11 is 5.84. The third kappa shape index (κ3) is 4.48. The number of aryl methyl sites for hydroxylation is 2. The average Bonchev–Trinajstić information content (AvgIpc) is 2.30. The Morgan fingerprint density at radius 1 is 0.895 bits per heavy atom. The molecule has 0 spiro atoms. The van der Waals surface area contributed by atoms with E-state index >= 15 is 0 Å². The van der Waals surface area contributed by atoms with Gasteiger partial charge in [-0.1, -0.05) is 53.1 Å². The zero-order chi connectivity index (χ0) is 13.8. The zero-order valence-corrected chi connectivity index (χ0v) is 12.7. The number of rotatable bonds is 4. The lowest BCUT2D eigenvalue weighted by atomic mass is 10.1. The Morgan fingerprint density at radius 3 is 2.00 bits per heavy atom. The first-order chi connectivity index (χ1) is 9.02. The summed E-state index contributed by atoms with van der Waals surface area (Å²) in [5.74, 6) is 1.18. The lowest BCUT2D eigenvalue weighted by Gasteiger charge is -2.06. The summed E-state index contributed by atoms with van der Waals surface area (Å²) in [5, 5.41) is 0.712. The van der Waals surface area contributed by atoms with E-state index in [2.05, 4.69) is 32.0 Å². The summed E-state index contributed by atoms with van der Waals surface area (Å²) in [7, 11) is -0.888. The van der Waals surface area contributed by atoms with Crippen molar-refractivity contribution < 1.29 is 4.21 Å². The van der Waals surface area contributed by atoms with E-state index in [0.29, 0.717) is 16.5 Å². The van der Waals surface area contributed by atoms with E-state index in [0.717, 1.165) is 11.1 Å². The van der Waals surface area contributed by atoms with Gasteiger partial charge in [-0.2, -0.15) is 0 Å². The van der Waals surface area contributed by atoms with Crippen LogP contribution in [0.5, 0.6) is 0 Å². The lowest BCUT2D eigenvalue weighted by Crippen LogP contribution is -2.00. The summed E-state index contributed by atoms with van der Waals surface area (Å²) < 4.78 is 12.2. The molecule has 2 aromatic rings. The summed E-state index contributed by atoms with van der Waals surface area (Å²) in [6, 6.07) is 13.9. The Labute approximate surface area is 122 Å². The van der Waals surface area contributed by atoms with Gasteiger partial charge in [-0.3, -0.25) is 4.21 Å². The topological polar surface area (TPSA) is 17.1 Å². The molecule has 0 aromatic heterocycles. The fourth-order valence-corrected chi connectivity index (χ4v) is 3.49. The van der Waals surface area contributed by atoms with Crippen molar-refractivity contribution >= 4 is 22.4 Å². The molecule has 3 heteroatoms. The van der Waals surface area contributed by atoms with Crippen LogP contribution in [0.15, 0.2) is 42.5 Å². The van der Waals surface area contributed by atoms with Crippen LogP contribution in [0.1, 0.15) is 22.3 Å². The highest BCUT2D eigenvalue weighted by Crippen LogP contribution is 2.15. The number of hydrogen-bond donors (Lipinski definition) is 0. The van der Waals surface area contributed by atoms with Crippen LogP contribution in [-0.4, -0.2) is 4.21 Å². The molecule has 0 saturated carbocycles. The average molecular weight is 293 g/mol. The van der Waals surface area contributed by atoms with Crippen molar-refractivity contribution in [2.24, 2.45) is 0 Å². The highest BCUT2D eigenvalue weighted by Gasteiger charge is 2.05. The summed E-state index contributed by atoms with van der Waals surface area (Å²) in [6.07, 6.45) is 0. The van der Waals surface area contributed by atoms with Crippen molar-refractivity contribution in [1.29, 1.82) is 0 Å². The van der Waals surface area contributed by atoms with E-state index in [9.17, 15) is 4.21 Å². The largest absolute Gasteiger partial charge is 0.259 e. The molecule has 0 fully saturated rings. The maximum absolute atomic E-state index is 12.2. The Kier molecular flexibility index (Phi) is 4.78. The molecule has 0 heterocycles. The van der Waals surface area contributed by atoms with Gasteiger partial charge in [0.2, 0.25) is 0 Å². The SMILES string of the molecule is Cc1cc(C)cc(CS(=O)Cc2ccc(Cl)cc2)c1. The standard InChI is InChI=1S/C16H17ClOS/c1-12-7-13(2)9-15(8-12)11-19(18)10-14-3-5-16(17)6-4-14/h3-9H,10-11H2,1-2H3. The monoisotopic (exact) mass is 292 g/mol. The van der Waals surface area contributed by atoms with E-state index in [1.54, 1.807) is 0 Å². The van der Waals surface area contributed by atoms with Crippen LogP contribution in [0.4, 0.5) is 0 Å². The van der Waals surface area contributed by atoms with Gasteiger partial charge in [0.15, 0.2) is 0 Å². The molecule has 0 amide bonds. The number of benzene rings is 2. The molecule has 1 unspecified atom stereocenters. The molecule has 1 atom stereocenters. The number of hydrogen-bond acceptors (Lipinski definition) is 1. The van der Waals surface area contributed by atoms with Crippen molar-refractivity contribution in [3.05, 3.63) is 69.7 Å². The van der Waals surface area contributed by atoms with Gasteiger partial charge in [-0.15, -0.1) is 0 Å². The molecule has 0 radical (unpaired) electrons. The zero-order valence-electron chi connectivity index (χ0n) is 11.2. The molecule has 2 rings (SSSR count). The number of halogens is 1. The third-order valence-corrected chi connectivity index (χ3v) is 4.41. The van der Waals surface area contributed by atoms with Crippen LogP contribution < -0.4 is 0 Å². The van der Waals surface area contributed by atoms with Crippen molar-refractivity contribution in [2.45, 2.75) is 25.4 Å². The van der Waals surface area contributed by atoms with Crippen LogP contribution >= 0.6 is 11.6 Å². The molecule has 2 aromatic carbocycles. The minimum atomic E-state index is -0.888. The van der Waals surface area contributed by atoms with Gasteiger partial charge in [0.25, 0.3) is 0 Å². The molecule has 0 aliphatic carbocycles. The van der Waals surface area contributed by atoms with Gasteiger partial charge in [0.1, 0.15) is 0 Å². The van der Waals surface area contributed by atoms with E-state index in [1.165, 1.54) is 11.1 Å². The minimum Gasteiger partial charge on any atom is -0.259 e. The molecule has 0 N–H and O–H groups in total. The van der Waals surface area contributed by atoms with E-state index in [4.69, 9.17) is 11.6 Å². The maximum Gasteiger partial charge on any atom is 0.0489 e. The first-order valence-corrected chi connectivity index (χ1v) is 8.06. The van der Waals surface area contributed by atoms with Crippen molar-refractivity contribution in [3.8, 4) is 0 Å². The molecule has 0 bridgehead atoms. The van der Waals surface area contributed by atoms with E-state index in [-0.39, 0.29) is 0 Å². The second kappa shape index (κ2) is 6.36. The quantitative estimate of drug-likeness (QED) is 0.816. The molecule has 0 aliphatic rings. The highest BCUT2D eigenvalue weighted by molar-refractivity contribution is 7.83. The predicted molar refractivity (Wildman–Crippen MR) is 82.9 cm³/mol. The first-order valence-electron chi connectivity index (χ1n) is 6.19.